The van der Waals surface area contributed by atoms with Crippen molar-refractivity contribution < 1.29 is 13.2 Å². The maximum atomic E-state index is 12.6. The van der Waals surface area contributed by atoms with E-state index in [1.165, 1.54) is 12.8 Å². The highest BCUT2D eigenvalue weighted by Crippen LogP contribution is 2.34. The van der Waals surface area contributed by atoms with E-state index in [1.807, 2.05) is 0 Å². The summed E-state index contributed by atoms with van der Waals surface area (Å²) in [7, 11) is 0. The Hall–Kier alpha value is -0.290. The fraction of sp³-hybridized carbons (Fsp3) is 1.00. The molecule has 2 heterocycles. The summed E-state index contributed by atoms with van der Waals surface area (Å²) in [4.78, 5) is 2.22. The second-order valence-corrected chi connectivity index (χ2v) is 6.53. The average molecular weight is 292 g/mol. The highest BCUT2D eigenvalue weighted by atomic mass is 19.4. The molecule has 0 amide bonds. The molecule has 2 rings (SSSR count). The van der Waals surface area contributed by atoms with E-state index in [0.717, 1.165) is 32.0 Å². The first-order chi connectivity index (χ1) is 9.47. The maximum absolute atomic E-state index is 12.6. The van der Waals surface area contributed by atoms with Crippen LogP contribution in [-0.4, -0.2) is 43.8 Å². The van der Waals surface area contributed by atoms with E-state index in [9.17, 15) is 13.2 Å². The summed E-state index contributed by atoms with van der Waals surface area (Å²) in [6.07, 6.45) is 0.234. The third-order valence-corrected chi connectivity index (χ3v) is 5.09. The number of rotatable bonds is 4. The van der Waals surface area contributed by atoms with Crippen LogP contribution in [0.3, 0.4) is 0 Å². The standard InChI is InChI=1S/C15H27F3N2/c1-12(13-3-2-7-19-11-13)4-8-20-9-5-14(6-10-20)15(16,17)18/h12-14,19H,2-11H2,1H3. The van der Waals surface area contributed by atoms with E-state index in [4.69, 9.17) is 0 Å². The first-order valence-electron chi connectivity index (χ1n) is 7.96. The van der Waals surface area contributed by atoms with Gasteiger partial charge in [0.05, 0.1) is 5.92 Å². The molecular formula is C15H27F3N2. The van der Waals surface area contributed by atoms with Gasteiger partial charge in [-0.15, -0.1) is 0 Å². The molecule has 2 fully saturated rings. The van der Waals surface area contributed by atoms with Gasteiger partial charge in [-0.2, -0.15) is 13.2 Å². The Balaban J connectivity index is 1.65. The van der Waals surface area contributed by atoms with E-state index in [0.29, 0.717) is 19.0 Å². The molecule has 118 valence electrons. The van der Waals surface area contributed by atoms with Crippen LogP contribution in [0.4, 0.5) is 13.2 Å². The topological polar surface area (TPSA) is 15.3 Å². The van der Waals surface area contributed by atoms with Crippen molar-refractivity contribution in [2.75, 3.05) is 32.7 Å². The summed E-state index contributed by atoms with van der Waals surface area (Å²) < 4.78 is 37.8. The minimum atomic E-state index is -3.99. The van der Waals surface area contributed by atoms with Gasteiger partial charge in [0.25, 0.3) is 0 Å². The maximum Gasteiger partial charge on any atom is 0.391 e. The summed E-state index contributed by atoms with van der Waals surface area (Å²) in [5.41, 5.74) is 0. The molecule has 0 bridgehead atoms. The highest BCUT2D eigenvalue weighted by Gasteiger charge is 2.40. The number of nitrogens with one attached hydrogen (secondary N) is 1. The van der Waals surface area contributed by atoms with Crippen LogP contribution < -0.4 is 5.32 Å². The van der Waals surface area contributed by atoms with Crippen LogP contribution in [0.5, 0.6) is 0 Å². The summed E-state index contributed by atoms with van der Waals surface area (Å²) in [6.45, 7) is 6.72. The van der Waals surface area contributed by atoms with Gasteiger partial charge in [0.2, 0.25) is 0 Å². The van der Waals surface area contributed by atoms with Gasteiger partial charge in [-0.05, 0) is 76.7 Å². The summed E-state index contributed by atoms with van der Waals surface area (Å²) in [5, 5.41) is 3.44. The molecule has 2 aliphatic heterocycles. The Bertz CT molecular complexity index is 279. The van der Waals surface area contributed by atoms with E-state index in [1.54, 1.807) is 0 Å². The predicted octanol–water partition coefficient (Wildman–Crippen LogP) is 3.29. The monoisotopic (exact) mass is 292 g/mol. The summed E-state index contributed by atoms with van der Waals surface area (Å²) in [6, 6.07) is 0. The van der Waals surface area contributed by atoms with Crippen LogP contribution in [0.2, 0.25) is 0 Å². The number of alkyl halides is 3. The minimum absolute atomic E-state index is 0.281. The smallest absolute Gasteiger partial charge is 0.316 e. The molecular weight excluding hydrogens is 265 g/mol. The molecule has 2 nitrogen and oxygen atoms in total. The van der Waals surface area contributed by atoms with E-state index in [2.05, 4.69) is 17.1 Å². The van der Waals surface area contributed by atoms with Crippen molar-refractivity contribution in [3.05, 3.63) is 0 Å². The fourth-order valence-electron chi connectivity index (χ4n) is 3.47. The number of hydrogen-bond acceptors (Lipinski definition) is 2. The summed E-state index contributed by atoms with van der Waals surface area (Å²) in [5.74, 6) is 0.346. The minimum Gasteiger partial charge on any atom is -0.316 e. The van der Waals surface area contributed by atoms with Crippen molar-refractivity contribution >= 4 is 0 Å². The van der Waals surface area contributed by atoms with Crippen LogP contribution in [0, 0.1) is 17.8 Å². The Morgan fingerprint density at radius 2 is 1.90 bits per heavy atom. The Morgan fingerprint density at radius 1 is 1.20 bits per heavy atom. The molecule has 2 unspecified atom stereocenters. The number of nitrogens with zero attached hydrogens (tertiary/aromatic N) is 1. The van der Waals surface area contributed by atoms with Crippen molar-refractivity contribution in [1.29, 1.82) is 0 Å². The zero-order valence-electron chi connectivity index (χ0n) is 12.4. The third-order valence-electron chi connectivity index (χ3n) is 5.09. The normalized spacial score (nSPS) is 28.5. The number of hydrogen-bond donors (Lipinski definition) is 1. The van der Waals surface area contributed by atoms with E-state index in [-0.39, 0.29) is 12.8 Å². The molecule has 0 aromatic rings. The molecule has 2 aliphatic rings. The van der Waals surface area contributed by atoms with Gasteiger partial charge in [-0.25, -0.2) is 0 Å². The van der Waals surface area contributed by atoms with Gasteiger partial charge < -0.3 is 10.2 Å². The van der Waals surface area contributed by atoms with Gasteiger partial charge in [0.1, 0.15) is 0 Å². The lowest BCUT2D eigenvalue weighted by Crippen LogP contribution is -2.40. The SMILES string of the molecule is CC(CCN1CCC(C(F)(F)F)CC1)C1CCCNC1. The molecule has 2 atom stereocenters. The number of likely N-dealkylation sites (tertiary alicyclic amines) is 1. The lowest BCUT2D eigenvalue weighted by Gasteiger charge is -2.34. The van der Waals surface area contributed by atoms with Crippen molar-refractivity contribution in [3.63, 3.8) is 0 Å². The molecule has 2 saturated heterocycles. The molecule has 0 aliphatic carbocycles. The molecule has 1 N–H and O–H groups in total. The predicted molar refractivity (Wildman–Crippen MR) is 74.6 cm³/mol. The number of piperidine rings is 2. The zero-order valence-corrected chi connectivity index (χ0v) is 12.4. The van der Waals surface area contributed by atoms with Crippen LogP contribution in [0.15, 0.2) is 0 Å². The Labute approximate surface area is 120 Å². The van der Waals surface area contributed by atoms with Crippen LogP contribution in [0.1, 0.15) is 39.0 Å². The Morgan fingerprint density at radius 3 is 2.45 bits per heavy atom. The van der Waals surface area contributed by atoms with E-state index >= 15 is 0 Å². The molecule has 5 heteroatoms. The molecule has 0 spiro atoms. The fourth-order valence-corrected chi connectivity index (χ4v) is 3.47. The molecule has 20 heavy (non-hydrogen) atoms. The van der Waals surface area contributed by atoms with Gasteiger partial charge in [0.15, 0.2) is 0 Å². The van der Waals surface area contributed by atoms with Gasteiger partial charge in [0, 0.05) is 0 Å². The molecule has 0 aromatic carbocycles. The van der Waals surface area contributed by atoms with E-state index < -0.39 is 12.1 Å². The van der Waals surface area contributed by atoms with Crippen molar-refractivity contribution in [1.82, 2.24) is 10.2 Å². The van der Waals surface area contributed by atoms with Crippen molar-refractivity contribution in [2.45, 2.75) is 45.2 Å². The van der Waals surface area contributed by atoms with Crippen LogP contribution in [0.25, 0.3) is 0 Å². The molecule has 0 saturated carbocycles. The first-order valence-corrected chi connectivity index (χ1v) is 7.96. The van der Waals surface area contributed by atoms with Gasteiger partial charge >= 0.3 is 6.18 Å². The lowest BCUT2D eigenvalue weighted by atomic mass is 9.85. The summed E-state index contributed by atoms with van der Waals surface area (Å²) >= 11 is 0. The van der Waals surface area contributed by atoms with Crippen molar-refractivity contribution in [2.24, 2.45) is 17.8 Å². The van der Waals surface area contributed by atoms with Crippen LogP contribution in [-0.2, 0) is 0 Å². The third kappa shape index (κ3) is 4.62. The van der Waals surface area contributed by atoms with Crippen molar-refractivity contribution in [3.8, 4) is 0 Å². The second-order valence-electron chi connectivity index (χ2n) is 6.53. The number of halogens is 3. The lowest BCUT2D eigenvalue weighted by molar-refractivity contribution is -0.185. The quantitative estimate of drug-likeness (QED) is 0.855. The van der Waals surface area contributed by atoms with Gasteiger partial charge in [-0.1, -0.05) is 6.92 Å². The first kappa shape index (κ1) is 16.1. The average Bonchev–Trinajstić information content (AvgIpc) is 2.45. The van der Waals surface area contributed by atoms with Crippen LogP contribution >= 0.6 is 0 Å². The highest BCUT2D eigenvalue weighted by molar-refractivity contribution is 4.79. The van der Waals surface area contributed by atoms with Gasteiger partial charge in [-0.3, -0.25) is 0 Å². The Kier molecular flexibility index (Phi) is 5.73. The largest absolute Gasteiger partial charge is 0.391 e. The zero-order chi connectivity index (χ0) is 14.6. The second kappa shape index (κ2) is 7.12. The molecule has 0 aromatic heterocycles. The molecule has 0 radical (unpaired) electrons.